The van der Waals surface area contributed by atoms with Crippen LogP contribution in [0.3, 0.4) is 0 Å². The summed E-state index contributed by atoms with van der Waals surface area (Å²) in [7, 11) is 0.360. The van der Waals surface area contributed by atoms with Crippen LogP contribution in [-0.4, -0.2) is 39.5 Å². The van der Waals surface area contributed by atoms with E-state index in [1.165, 1.54) is 13.3 Å². The molecule has 0 aliphatic rings. The van der Waals surface area contributed by atoms with Crippen LogP contribution in [0.5, 0.6) is 11.5 Å². The number of carbonyl (C=O) groups excluding carboxylic acids is 1. The molecule has 0 unspecified atom stereocenters. The zero-order valence-corrected chi connectivity index (χ0v) is 13.4. The van der Waals surface area contributed by atoms with E-state index in [0.717, 1.165) is 6.04 Å². The molecule has 0 saturated heterocycles. The Kier molecular flexibility index (Phi) is 5.96. The van der Waals surface area contributed by atoms with Gasteiger partial charge < -0.3 is 19.9 Å². The molecule has 0 aliphatic heterocycles. The summed E-state index contributed by atoms with van der Waals surface area (Å²) in [4.78, 5) is 15.2. The molecule has 1 aromatic heterocycles. The maximum absolute atomic E-state index is 11.3. The van der Waals surface area contributed by atoms with Crippen LogP contribution in [0.4, 0.5) is 0 Å². The van der Waals surface area contributed by atoms with Gasteiger partial charge >= 0.3 is 0 Å². The molecule has 1 rings (SSSR count). The molecule has 1 amide bonds. The molecule has 0 radical (unpaired) electrons. The SMILES string of the molecule is COc1ccnc(C(N)=O)c1OCOCC[Si](C)(C)C. The minimum atomic E-state index is -1.12. The third-order valence-corrected chi connectivity index (χ3v) is 4.31. The molecule has 0 bridgehead atoms. The van der Waals surface area contributed by atoms with Crippen LogP contribution in [0, 0.1) is 0 Å². The van der Waals surface area contributed by atoms with Crippen LogP contribution >= 0.6 is 0 Å². The number of primary amides is 1. The summed E-state index contributed by atoms with van der Waals surface area (Å²) in [6, 6.07) is 2.65. The first kappa shape index (κ1) is 16.5. The summed E-state index contributed by atoms with van der Waals surface area (Å²) in [6.07, 6.45) is 1.44. The highest BCUT2D eigenvalue weighted by Crippen LogP contribution is 2.29. The Morgan fingerprint density at radius 2 is 2.10 bits per heavy atom. The van der Waals surface area contributed by atoms with Crippen molar-refractivity contribution in [3.8, 4) is 11.5 Å². The van der Waals surface area contributed by atoms with Crippen molar-refractivity contribution < 1.29 is 19.0 Å². The Hall–Kier alpha value is -1.60. The summed E-state index contributed by atoms with van der Waals surface area (Å²) >= 11 is 0. The molecular weight excluding hydrogens is 276 g/mol. The van der Waals surface area contributed by atoms with E-state index in [1.54, 1.807) is 6.07 Å². The fraction of sp³-hybridized carbons (Fsp3) is 0.538. The average Bonchev–Trinajstić information content (AvgIpc) is 2.36. The van der Waals surface area contributed by atoms with Crippen LogP contribution in [0.2, 0.25) is 25.7 Å². The summed E-state index contributed by atoms with van der Waals surface area (Å²) in [5.74, 6) is -0.0425. The van der Waals surface area contributed by atoms with E-state index < -0.39 is 14.0 Å². The van der Waals surface area contributed by atoms with Gasteiger partial charge in [0.2, 0.25) is 0 Å². The van der Waals surface area contributed by atoms with Crippen LogP contribution < -0.4 is 15.2 Å². The average molecular weight is 298 g/mol. The Bertz CT molecular complexity index is 460. The predicted octanol–water partition coefficient (Wildman–Crippen LogP) is 1.88. The van der Waals surface area contributed by atoms with Crippen molar-refractivity contribution in [1.82, 2.24) is 4.98 Å². The second kappa shape index (κ2) is 7.25. The summed E-state index contributed by atoms with van der Waals surface area (Å²) in [5, 5.41) is 0. The van der Waals surface area contributed by atoms with Gasteiger partial charge in [0, 0.05) is 26.9 Å². The standard InChI is InChI=1S/C13H22N2O4Si/c1-17-10-5-6-15-11(13(14)16)12(10)19-9-18-7-8-20(2,3)4/h5-6H,7-9H2,1-4H3,(H2,14,16). The second-order valence-corrected chi connectivity index (χ2v) is 11.2. The number of nitrogens with zero attached hydrogens (tertiary/aromatic N) is 1. The van der Waals surface area contributed by atoms with E-state index in [9.17, 15) is 4.79 Å². The van der Waals surface area contributed by atoms with Gasteiger partial charge in [0.05, 0.1) is 7.11 Å². The lowest BCUT2D eigenvalue weighted by Gasteiger charge is -2.16. The fourth-order valence-electron chi connectivity index (χ4n) is 1.44. The molecule has 0 spiro atoms. The van der Waals surface area contributed by atoms with Crippen molar-refractivity contribution >= 4 is 14.0 Å². The smallest absolute Gasteiger partial charge is 0.271 e. The van der Waals surface area contributed by atoms with E-state index in [0.29, 0.717) is 12.4 Å². The minimum Gasteiger partial charge on any atom is -0.493 e. The molecule has 0 fully saturated rings. The van der Waals surface area contributed by atoms with E-state index in [1.807, 2.05) is 0 Å². The van der Waals surface area contributed by atoms with Crippen molar-refractivity contribution in [3.63, 3.8) is 0 Å². The maximum Gasteiger partial charge on any atom is 0.271 e. The highest BCUT2D eigenvalue weighted by molar-refractivity contribution is 6.76. The topological polar surface area (TPSA) is 83.7 Å². The van der Waals surface area contributed by atoms with Gasteiger partial charge in [0.1, 0.15) is 0 Å². The van der Waals surface area contributed by atoms with Gasteiger partial charge in [-0.3, -0.25) is 4.79 Å². The Morgan fingerprint density at radius 1 is 1.40 bits per heavy atom. The van der Waals surface area contributed by atoms with Gasteiger partial charge in [-0.15, -0.1) is 0 Å². The predicted molar refractivity (Wildman–Crippen MR) is 78.9 cm³/mol. The number of nitrogens with two attached hydrogens (primary N) is 1. The van der Waals surface area contributed by atoms with Crippen LogP contribution in [0.25, 0.3) is 0 Å². The highest BCUT2D eigenvalue weighted by atomic mass is 28.3. The first-order valence-electron chi connectivity index (χ1n) is 6.38. The van der Waals surface area contributed by atoms with Gasteiger partial charge in [-0.1, -0.05) is 19.6 Å². The summed E-state index contributed by atoms with van der Waals surface area (Å²) < 4.78 is 16.0. The molecule has 112 valence electrons. The van der Waals surface area contributed by atoms with Crippen LogP contribution in [0.1, 0.15) is 10.5 Å². The largest absolute Gasteiger partial charge is 0.493 e. The lowest BCUT2D eigenvalue weighted by molar-refractivity contribution is 0.0198. The molecule has 0 aliphatic carbocycles. The van der Waals surface area contributed by atoms with Gasteiger partial charge in [-0.25, -0.2) is 4.98 Å². The number of amides is 1. The van der Waals surface area contributed by atoms with Crippen LogP contribution in [-0.2, 0) is 4.74 Å². The Balaban J connectivity index is 2.60. The van der Waals surface area contributed by atoms with Crippen molar-refractivity contribution in [1.29, 1.82) is 0 Å². The van der Waals surface area contributed by atoms with Crippen LogP contribution in [0.15, 0.2) is 12.3 Å². The molecule has 2 N–H and O–H groups in total. The number of rotatable bonds is 8. The third-order valence-electron chi connectivity index (χ3n) is 2.60. The number of pyridine rings is 1. The van der Waals surface area contributed by atoms with Gasteiger partial charge in [0.15, 0.2) is 24.0 Å². The van der Waals surface area contributed by atoms with Crippen molar-refractivity contribution in [2.24, 2.45) is 5.73 Å². The third kappa shape index (κ3) is 5.18. The van der Waals surface area contributed by atoms with E-state index in [2.05, 4.69) is 24.6 Å². The molecule has 1 aromatic rings. The zero-order valence-electron chi connectivity index (χ0n) is 12.4. The Morgan fingerprint density at radius 3 is 2.65 bits per heavy atom. The molecule has 0 aromatic carbocycles. The molecule has 7 heteroatoms. The second-order valence-electron chi connectivity index (χ2n) is 5.54. The first-order valence-corrected chi connectivity index (χ1v) is 10.1. The number of hydrogen-bond acceptors (Lipinski definition) is 5. The summed E-state index contributed by atoms with van der Waals surface area (Å²) in [6.45, 7) is 7.47. The number of methoxy groups -OCH3 is 1. The van der Waals surface area contributed by atoms with Crippen molar-refractivity contribution in [3.05, 3.63) is 18.0 Å². The lowest BCUT2D eigenvalue weighted by Crippen LogP contribution is -2.22. The number of ether oxygens (including phenoxy) is 3. The molecule has 1 heterocycles. The first-order chi connectivity index (χ1) is 9.35. The fourth-order valence-corrected chi connectivity index (χ4v) is 2.20. The van der Waals surface area contributed by atoms with E-state index in [-0.39, 0.29) is 18.2 Å². The summed E-state index contributed by atoms with van der Waals surface area (Å²) in [5.41, 5.74) is 5.29. The number of aromatic nitrogens is 1. The Labute approximate surface area is 120 Å². The molecule has 6 nitrogen and oxygen atoms in total. The molecule has 20 heavy (non-hydrogen) atoms. The highest BCUT2D eigenvalue weighted by Gasteiger charge is 2.17. The van der Waals surface area contributed by atoms with E-state index >= 15 is 0 Å². The van der Waals surface area contributed by atoms with Gasteiger partial charge in [0.25, 0.3) is 5.91 Å². The normalized spacial score (nSPS) is 11.2. The number of carbonyl (C=O) groups is 1. The van der Waals surface area contributed by atoms with Gasteiger partial charge in [-0.05, 0) is 6.04 Å². The quantitative estimate of drug-likeness (QED) is 0.450. The van der Waals surface area contributed by atoms with E-state index in [4.69, 9.17) is 19.9 Å². The zero-order chi connectivity index (χ0) is 15.2. The molecular formula is C13H22N2O4Si. The van der Waals surface area contributed by atoms with Crippen molar-refractivity contribution in [2.45, 2.75) is 25.7 Å². The monoisotopic (exact) mass is 298 g/mol. The molecule has 0 saturated carbocycles. The van der Waals surface area contributed by atoms with Gasteiger partial charge in [-0.2, -0.15) is 0 Å². The van der Waals surface area contributed by atoms with Crippen molar-refractivity contribution in [2.75, 3.05) is 20.5 Å². The minimum absolute atomic E-state index is 0.0345. The number of hydrogen-bond donors (Lipinski definition) is 1. The molecule has 0 atom stereocenters. The maximum atomic E-state index is 11.3. The lowest BCUT2D eigenvalue weighted by atomic mass is 10.3.